The first-order valence-electron chi connectivity index (χ1n) is 8.48. The van der Waals surface area contributed by atoms with Crippen molar-refractivity contribution in [2.75, 3.05) is 19.5 Å². The van der Waals surface area contributed by atoms with Gasteiger partial charge in [0.2, 0.25) is 0 Å². The van der Waals surface area contributed by atoms with Gasteiger partial charge in [0.05, 0.1) is 13.7 Å². The minimum atomic E-state index is -3.99. The first kappa shape index (κ1) is 21.2. The first-order chi connectivity index (χ1) is 13.6. The van der Waals surface area contributed by atoms with Crippen LogP contribution in [-0.2, 0) is 27.9 Å². The third-order valence-corrected chi connectivity index (χ3v) is 6.35. The molecule has 0 saturated carbocycles. The van der Waals surface area contributed by atoms with E-state index in [0.29, 0.717) is 0 Å². The second-order valence-electron chi connectivity index (χ2n) is 6.68. The van der Waals surface area contributed by atoms with Crippen molar-refractivity contribution >= 4 is 19.5 Å². The van der Waals surface area contributed by atoms with Crippen LogP contribution in [0.15, 0.2) is 22.2 Å². The fourth-order valence-electron chi connectivity index (χ4n) is 3.23. The molecule has 6 atom stereocenters. The largest absolute Gasteiger partial charge is 0.468 e. The molecule has 3 heterocycles. The van der Waals surface area contributed by atoms with Gasteiger partial charge in [0, 0.05) is 11.1 Å². The predicted molar refractivity (Wildman–Crippen MR) is 97.4 cm³/mol. The Labute approximate surface area is 164 Å². The van der Waals surface area contributed by atoms with Crippen LogP contribution in [-0.4, -0.2) is 53.0 Å². The highest BCUT2D eigenvalue weighted by atomic mass is 31.2. The quantitative estimate of drug-likeness (QED) is 0.218. The van der Waals surface area contributed by atoms with Crippen LogP contribution in [0.1, 0.15) is 20.1 Å². The van der Waals surface area contributed by atoms with Gasteiger partial charge in [-0.3, -0.25) is 18.4 Å². The zero-order valence-corrected chi connectivity index (χ0v) is 16.7. The maximum absolute atomic E-state index is 13.0. The lowest BCUT2D eigenvalue weighted by molar-refractivity contribution is -0.142. The van der Waals surface area contributed by atoms with Crippen LogP contribution in [0.25, 0.3) is 10.4 Å². The smallest absolute Gasteiger partial charge is 0.406 e. The Morgan fingerprint density at radius 3 is 3.00 bits per heavy atom. The highest BCUT2D eigenvalue weighted by Crippen LogP contribution is 2.56. The summed E-state index contributed by atoms with van der Waals surface area (Å²) in [4.78, 5) is 30.4. The van der Waals surface area contributed by atoms with Crippen LogP contribution in [0, 0.1) is 0 Å². The predicted octanol–water partition coefficient (Wildman–Crippen LogP) is 0.466. The molecule has 3 rings (SSSR count). The molecule has 158 valence electrons. The minimum Gasteiger partial charge on any atom is -0.468 e. The third-order valence-electron chi connectivity index (χ3n) is 4.65. The van der Waals surface area contributed by atoms with Gasteiger partial charge in [0.25, 0.3) is 0 Å². The summed E-state index contributed by atoms with van der Waals surface area (Å²) in [6.07, 6.45) is -1.64. The summed E-state index contributed by atoms with van der Waals surface area (Å²) in [7, 11) is -2.80. The van der Waals surface area contributed by atoms with Crippen LogP contribution < -0.4 is 16.5 Å². The highest BCUT2D eigenvalue weighted by Gasteiger charge is 2.60. The number of nitrogens with two attached hydrogens (primary N) is 1. The number of rotatable bonds is 5. The number of nitrogens with zero attached hydrogens (tertiary/aromatic N) is 5. The number of azide groups is 1. The van der Waals surface area contributed by atoms with Crippen molar-refractivity contribution in [3.63, 3.8) is 0 Å². The van der Waals surface area contributed by atoms with E-state index < -0.39 is 49.4 Å². The van der Waals surface area contributed by atoms with E-state index in [1.165, 1.54) is 33.2 Å². The van der Waals surface area contributed by atoms with E-state index in [9.17, 15) is 14.2 Å². The Morgan fingerprint density at radius 1 is 1.66 bits per heavy atom. The maximum atomic E-state index is 13.0. The molecule has 29 heavy (non-hydrogen) atoms. The molecule has 0 amide bonds. The molecule has 0 spiro atoms. The number of fused-ring (bicyclic) bond motifs is 1. The standard InChI is InChI=1S/C14H20N7O7P/c1-7(11(22)25-3)18-29(24)26-6-8-10(28-29)14(2,19-20-16)12(27-8)21-5-4-9(15)17-13(21)23/h4-5,7-8,10,12H,6H2,1-3H3,(H,18,24)(H2,15,17,23)/t7-,8+,10+,12-,14+,29?/m0/s1. The molecule has 2 aliphatic rings. The zero-order chi connectivity index (χ0) is 21.4. The molecule has 0 aliphatic carbocycles. The molecule has 1 aromatic heterocycles. The maximum Gasteiger partial charge on any atom is 0.406 e. The van der Waals surface area contributed by atoms with Crippen molar-refractivity contribution in [3.05, 3.63) is 33.2 Å². The zero-order valence-electron chi connectivity index (χ0n) is 15.8. The molecule has 1 unspecified atom stereocenters. The number of carbonyl (C=O) groups excluding carboxylic acids is 1. The van der Waals surface area contributed by atoms with Gasteiger partial charge in [0.1, 0.15) is 29.6 Å². The third kappa shape index (κ3) is 3.86. The number of ether oxygens (including phenoxy) is 2. The number of hydrogen-bond acceptors (Lipinski definition) is 10. The second kappa shape index (κ2) is 7.75. The Morgan fingerprint density at radius 2 is 2.38 bits per heavy atom. The molecule has 2 saturated heterocycles. The molecule has 0 bridgehead atoms. The van der Waals surface area contributed by atoms with Gasteiger partial charge in [-0.25, -0.2) is 14.4 Å². The summed E-state index contributed by atoms with van der Waals surface area (Å²) < 4.78 is 35.4. The van der Waals surface area contributed by atoms with Gasteiger partial charge in [0.15, 0.2) is 6.23 Å². The van der Waals surface area contributed by atoms with Crippen molar-refractivity contribution in [2.45, 2.75) is 43.9 Å². The number of carbonyl (C=O) groups is 1. The SMILES string of the molecule is COC(=O)[C@H](C)NP1(=O)OC[C@H]2O[C@H](n3ccc(N)nc3=O)[C@](C)(N=[N+]=[N-])[C@@H]2O1. The van der Waals surface area contributed by atoms with E-state index in [-0.39, 0.29) is 12.4 Å². The Bertz CT molecular complexity index is 964. The van der Waals surface area contributed by atoms with E-state index in [1.807, 2.05) is 0 Å². The van der Waals surface area contributed by atoms with Crippen molar-refractivity contribution in [1.29, 1.82) is 0 Å². The average Bonchev–Trinajstić information content (AvgIpc) is 2.93. The number of aromatic nitrogens is 2. The topological polar surface area (TPSA) is 193 Å². The highest BCUT2D eigenvalue weighted by molar-refractivity contribution is 7.51. The van der Waals surface area contributed by atoms with Crippen molar-refractivity contribution in [2.24, 2.45) is 5.11 Å². The van der Waals surface area contributed by atoms with Gasteiger partial charge < -0.3 is 15.2 Å². The van der Waals surface area contributed by atoms with E-state index >= 15 is 0 Å². The fraction of sp³-hybridized carbons (Fsp3) is 0.643. The summed E-state index contributed by atoms with van der Waals surface area (Å²) in [5.41, 5.74) is 12.4. The van der Waals surface area contributed by atoms with Crippen molar-refractivity contribution in [3.8, 4) is 0 Å². The van der Waals surface area contributed by atoms with Crippen LogP contribution in [0.3, 0.4) is 0 Å². The molecule has 0 radical (unpaired) electrons. The van der Waals surface area contributed by atoms with Crippen LogP contribution >= 0.6 is 7.75 Å². The summed E-state index contributed by atoms with van der Waals surface area (Å²) in [6.45, 7) is 2.71. The lowest BCUT2D eigenvalue weighted by atomic mass is 9.93. The fourth-order valence-corrected chi connectivity index (χ4v) is 5.00. The molecule has 0 aromatic carbocycles. The molecule has 2 fully saturated rings. The molecular formula is C14H20N7O7P. The molecule has 2 aliphatic heterocycles. The number of esters is 1. The number of methoxy groups -OCH3 is 1. The molecule has 15 heteroatoms. The van der Waals surface area contributed by atoms with Gasteiger partial charge in [-0.2, -0.15) is 4.98 Å². The minimum absolute atomic E-state index is 0.0113. The Balaban J connectivity index is 1.94. The van der Waals surface area contributed by atoms with E-state index in [4.69, 9.17) is 25.0 Å². The second-order valence-corrected chi connectivity index (χ2v) is 8.40. The van der Waals surface area contributed by atoms with Crippen LogP contribution in [0.5, 0.6) is 0 Å². The summed E-state index contributed by atoms with van der Waals surface area (Å²) in [5, 5.41) is 6.23. The van der Waals surface area contributed by atoms with E-state index in [0.717, 1.165) is 4.57 Å². The molecule has 14 nitrogen and oxygen atoms in total. The Hall–Kier alpha value is -2.47. The normalized spacial score (nSPS) is 34.7. The number of nitrogen functional groups attached to an aromatic ring is 1. The summed E-state index contributed by atoms with van der Waals surface area (Å²) >= 11 is 0. The van der Waals surface area contributed by atoms with Crippen molar-refractivity contribution < 1.29 is 27.9 Å². The van der Waals surface area contributed by atoms with E-state index in [1.54, 1.807) is 0 Å². The van der Waals surface area contributed by atoms with Crippen LogP contribution in [0.4, 0.5) is 5.82 Å². The monoisotopic (exact) mass is 429 g/mol. The van der Waals surface area contributed by atoms with Gasteiger partial charge >= 0.3 is 19.4 Å². The van der Waals surface area contributed by atoms with Gasteiger partial charge in [-0.1, -0.05) is 5.11 Å². The average molecular weight is 429 g/mol. The summed E-state index contributed by atoms with van der Waals surface area (Å²) in [5.74, 6) is -0.662. The van der Waals surface area contributed by atoms with Crippen LogP contribution in [0.2, 0.25) is 0 Å². The number of anilines is 1. The van der Waals surface area contributed by atoms with Gasteiger partial charge in [-0.15, -0.1) is 0 Å². The Kier molecular flexibility index (Phi) is 5.68. The lowest BCUT2D eigenvalue weighted by Crippen LogP contribution is -2.49. The molecule has 3 N–H and O–H groups in total. The molecule has 1 aromatic rings. The molecular weight excluding hydrogens is 409 g/mol. The first-order valence-corrected chi connectivity index (χ1v) is 10.0. The lowest BCUT2D eigenvalue weighted by Gasteiger charge is -2.36. The van der Waals surface area contributed by atoms with Crippen molar-refractivity contribution in [1.82, 2.24) is 14.6 Å². The number of hydrogen-bond donors (Lipinski definition) is 2. The van der Waals surface area contributed by atoms with Gasteiger partial charge in [-0.05, 0) is 25.4 Å². The number of nitrogens with one attached hydrogen (secondary N) is 1. The van der Waals surface area contributed by atoms with E-state index in [2.05, 4.69) is 24.8 Å². The summed E-state index contributed by atoms with van der Waals surface area (Å²) in [6, 6.07) is 0.389.